The van der Waals surface area contributed by atoms with Gasteiger partial charge < -0.3 is 20.5 Å². The first kappa shape index (κ1) is 12.0. The number of ether oxygens (including phenoxy) is 2. The molecule has 102 valence electrons. The lowest BCUT2D eigenvalue weighted by Gasteiger charge is -2.07. The van der Waals surface area contributed by atoms with Crippen molar-refractivity contribution < 1.29 is 14.4 Å². The molecule has 1 aliphatic rings. The molecule has 1 aromatic carbocycles. The molecule has 2 heterocycles. The van der Waals surface area contributed by atoms with E-state index in [0.29, 0.717) is 17.2 Å². The third-order valence-corrected chi connectivity index (χ3v) is 2.67. The fraction of sp³-hybridized carbons (Fsp3) is 0.0909. The van der Waals surface area contributed by atoms with E-state index in [9.17, 15) is 10.1 Å². The van der Waals surface area contributed by atoms with Gasteiger partial charge in [-0.05, 0) is 12.1 Å². The van der Waals surface area contributed by atoms with E-state index in [2.05, 4.69) is 15.3 Å². The number of nitrogens with one attached hydrogen (secondary N) is 1. The van der Waals surface area contributed by atoms with Crippen LogP contribution in [-0.2, 0) is 0 Å². The first-order valence-electron chi connectivity index (χ1n) is 5.56. The number of hydrogen-bond acceptors (Lipinski definition) is 8. The Morgan fingerprint density at radius 2 is 2.10 bits per heavy atom. The van der Waals surface area contributed by atoms with E-state index < -0.39 is 4.92 Å². The number of nitro groups is 1. The molecule has 0 unspecified atom stereocenters. The number of nitrogen functional groups attached to an aromatic ring is 1. The highest BCUT2D eigenvalue weighted by Gasteiger charge is 2.21. The molecule has 0 amide bonds. The summed E-state index contributed by atoms with van der Waals surface area (Å²) in [5.74, 6) is 0.988. The lowest BCUT2D eigenvalue weighted by atomic mass is 10.2. The van der Waals surface area contributed by atoms with Gasteiger partial charge in [-0.25, -0.2) is 9.97 Å². The molecular formula is C11H9N5O4. The number of hydrogen-bond donors (Lipinski definition) is 2. The highest BCUT2D eigenvalue weighted by Crippen LogP contribution is 2.36. The van der Waals surface area contributed by atoms with Crippen LogP contribution in [0.1, 0.15) is 0 Å². The van der Waals surface area contributed by atoms with E-state index in [-0.39, 0.29) is 24.1 Å². The summed E-state index contributed by atoms with van der Waals surface area (Å²) in [5, 5.41) is 13.8. The molecule has 1 aliphatic heterocycles. The molecule has 0 atom stereocenters. The molecule has 0 spiro atoms. The van der Waals surface area contributed by atoms with Crippen LogP contribution >= 0.6 is 0 Å². The van der Waals surface area contributed by atoms with Crippen LogP contribution in [0.25, 0.3) is 0 Å². The summed E-state index contributed by atoms with van der Waals surface area (Å²) < 4.78 is 10.4. The van der Waals surface area contributed by atoms with E-state index in [1.807, 2.05) is 0 Å². The van der Waals surface area contributed by atoms with Crippen molar-refractivity contribution >= 4 is 23.0 Å². The van der Waals surface area contributed by atoms with E-state index in [0.717, 1.165) is 6.33 Å². The Balaban J connectivity index is 1.95. The predicted octanol–water partition coefficient (Wildman–Crippen LogP) is 1.44. The van der Waals surface area contributed by atoms with Crippen molar-refractivity contribution in [3.05, 3.63) is 34.6 Å². The zero-order valence-corrected chi connectivity index (χ0v) is 10.1. The zero-order chi connectivity index (χ0) is 14.1. The van der Waals surface area contributed by atoms with Gasteiger partial charge in [0.05, 0.1) is 4.92 Å². The first-order chi connectivity index (χ1) is 9.65. The first-order valence-corrected chi connectivity index (χ1v) is 5.56. The summed E-state index contributed by atoms with van der Waals surface area (Å²) >= 11 is 0. The summed E-state index contributed by atoms with van der Waals surface area (Å²) in [6.45, 7) is 0.152. The predicted molar refractivity (Wildman–Crippen MR) is 68.9 cm³/mol. The van der Waals surface area contributed by atoms with E-state index in [1.54, 1.807) is 18.2 Å². The van der Waals surface area contributed by atoms with Crippen molar-refractivity contribution in [3.8, 4) is 11.5 Å². The minimum atomic E-state index is -0.634. The lowest BCUT2D eigenvalue weighted by molar-refractivity contribution is -0.383. The fourth-order valence-electron chi connectivity index (χ4n) is 1.77. The number of nitrogens with two attached hydrogens (primary N) is 1. The van der Waals surface area contributed by atoms with E-state index >= 15 is 0 Å². The van der Waals surface area contributed by atoms with Crippen LogP contribution in [0.5, 0.6) is 11.5 Å². The van der Waals surface area contributed by atoms with Gasteiger partial charge in [-0.2, -0.15) is 0 Å². The third-order valence-electron chi connectivity index (χ3n) is 2.67. The van der Waals surface area contributed by atoms with Crippen LogP contribution in [0.3, 0.4) is 0 Å². The minimum absolute atomic E-state index is 0.0152. The van der Waals surface area contributed by atoms with Crippen LogP contribution in [0.2, 0.25) is 0 Å². The van der Waals surface area contributed by atoms with Gasteiger partial charge in [0.1, 0.15) is 6.33 Å². The average Bonchev–Trinajstić information content (AvgIpc) is 2.85. The highest BCUT2D eigenvalue weighted by atomic mass is 16.7. The Morgan fingerprint density at radius 1 is 1.30 bits per heavy atom. The second kappa shape index (κ2) is 4.53. The molecule has 0 radical (unpaired) electrons. The molecule has 3 rings (SSSR count). The maximum atomic E-state index is 11.0. The molecule has 0 bridgehead atoms. The SMILES string of the molecule is Nc1ncnc(Nc2ccc3c(c2)OCO3)c1[N+](=O)[O-]. The Kier molecular flexibility index (Phi) is 2.71. The zero-order valence-electron chi connectivity index (χ0n) is 10.1. The number of fused-ring (bicyclic) bond motifs is 1. The Morgan fingerprint density at radius 3 is 2.90 bits per heavy atom. The molecule has 20 heavy (non-hydrogen) atoms. The van der Waals surface area contributed by atoms with Crippen LogP contribution in [-0.4, -0.2) is 21.7 Å². The maximum absolute atomic E-state index is 11.0. The van der Waals surface area contributed by atoms with Crippen molar-refractivity contribution in [1.82, 2.24) is 9.97 Å². The van der Waals surface area contributed by atoms with Crippen molar-refractivity contribution in [3.63, 3.8) is 0 Å². The van der Waals surface area contributed by atoms with Crippen molar-refractivity contribution in [2.24, 2.45) is 0 Å². The number of benzene rings is 1. The van der Waals surface area contributed by atoms with Gasteiger partial charge in [0.2, 0.25) is 18.4 Å². The fourth-order valence-corrected chi connectivity index (χ4v) is 1.77. The van der Waals surface area contributed by atoms with Crippen LogP contribution in [0.4, 0.5) is 23.0 Å². The van der Waals surface area contributed by atoms with Gasteiger partial charge in [0, 0.05) is 11.8 Å². The highest BCUT2D eigenvalue weighted by molar-refractivity contribution is 5.73. The monoisotopic (exact) mass is 275 g/mol. The van der Waals surface area contributed by atoms with Crippen LogP contribution in [0.15, 0.2) is 24.5 Å². The van der Waals surface area contributed by atoms with Gasteiger partial charge in [0.25, 0.3) is 0 Å². The summed E-state index contributed by atoms with van der Waals surface area (Å²) in [7, 11) is 0. The molecule has 0 aliphatic carbocycles. The Hall–Kier alpha value is -3.10. The number of rotatable bonds is 3. The molecule has 9 nitrogen and oxygen atoms in total. The van der Waals surface area contributed by atoms with Gasteiger partial charge >= 0.3 is 5.69 Å². The summed E-state index contributed by atoms with van der Waals surface area (Å²) in [6, 6.07) is 5.04. The molecule has 3 N–H and O–H groups in total. The number of anilines is 3. The summed E-state index contributed by atoms with van der Waals surface area (Å²) in [4.78, 5) is 17.8. The molecule has 1 aromatic heterocycles. The van der Waals surface area contributed by atoms with Crippen molar-refractivity contribution in [1.29, 1.82) is 0 Å². The van der Waals surface area contributed by atoms with Crippen LogP contribution < -0.4 is 20.5 Å². The topological polar surface area (TPSA) is 125 Å². The normalized spacial score (nSPS) is 12.2. The molecule has 9 heteroatoms. The Labute approximate surface area is 112 Å². The van der Waals surface area contributed by atoms with Crippen molar-refractivity contribution in [2.45, 2.75) is 0 Å². The maximum Gasteiger partial charge on any atom is 0.353 e. The van der Waals surface area contributed by atoms with Crippen molar-refractivity contribution in [2.75, 3.05) is 17.8 Å². The van der Waals surface area contributed by atoms with E-state index in [4.69, 9.17) is 15.2 Å². The number of nitrogens with zero attached hydrogens (tertiary/aromatic N) is 3. The van der Waals surface area contributed by atoms with Gasteiger partial charge in [-0.15, -0.1) is 0 Å². The van der Waals surface area contributed by atoms with Gasteiger partial charge in [-0.3, -0.25) is 10.1 Å². The van der Waals surface area contributed by atoms with Gasteiger partial charge in [-0.1, -0.05) is 0 Å². The quantitative estimate of drug-likeness (QED) is 0.636. The van der Waals surface area contributed by atoms with E-state index in [1.165, 1.54) is 0 Å². The largest absolute Gasteiger partial charge is 0.454 e. The second-order valence-corrected chi connectivity index (χ2v) is 3.91. The van der Waals surface area contributed by atoms with Gasteiger partial charge in [0.15, 0.2) is 11.5 Å². The molecule has 0 fully saturated rings. The Bertz CT molecular complexity index is 691. The molecular weight excluding hydrogens is 266 g/mol. The standard InChI is InChI=1S/C11H9N5O4/c12-10-9(16(17)18)11(14-4-13-10)15-6-1-2-7-8(3-6)20-5-19-7/h1-4H,5H2,(H3,12,13,14,15). The smallest absolute Gasteiger partial charge is 0.353 e. The van der Waals surface area contributed by atoms with Crippen LogP contribution in [0, 0.1) is 10.1 Å². The molecule has 0 saturated carbocycles. The number of aromatic nitrogens is 2. The molecule has 2 aromatic rings. The second-order valence-electron chi connectivity index (χ2n) is 3.91. The minimum Gasteiger partial charge on any atom is -0.454 e. The average molecular weight is 275 g/mol. The summed E-state index contributed by atoms with van der Waals surface area (Å²) in [6.07, 6.45) is 1.15. The lowest BCUT2D eigenvalue weighted by Crippen LogP contribution is -2.04. The molecule has 0 saturated heterocycles. The third kappa shape index (κ3) is 2.00. The summed E-state index contributed by atoms with van der Waals surface area (Å²) in [5.41, 5.74) is 5.68.